The van der Waals surface area contributed by atoms with Crippen molar-refractivity contribution in [2.24, 2.45) is 5.92 Å². The zero-order chi connectivity index (χ0) is 13.1. The van der Waals surface area contributed by atoms with Gasteiger partial charge in [-0.25, -0.2) is 9.97 Å². The number of nitrogens with zero attached hydrogens (tertiary/aromatic N) is 3. The van der Waals surface area contributed by atoms with Gasteiger partial charge in [0.05, 0.1) is 6.10 Å². The minimum Gasteiger partial charge on any atom is -0.393 e. The lowest BCUT2D eigenvalue weighted by molar-refractivity contribution is 0.0464. The lowest BCUT2D eigenvalue weighted by atomic mass is 9.82. The third-order valence-electron chi connectivity index (χ3n) is 3.34. The third kappa shape index (κ3) is 3.33. The van der Waals surface area contributed by atoms with Crippen molar-refractivity contribution in [2.75, 3.05) is 18.5 Å². The monoisotopic (exact) mass is 269 g/mol. The Morgan fingerprint density at radius 1 is 1.44 bits per heavy atom. The van der Waals surface area contributed by atoms with E-state index in [-0.39, 0.29) is 6.10 Å². The van der Waals surface area contributed by atoms with Gasteiger partial charge < -0.3 is 10.0 Å². The number of aliphatic hydroxyl groups excluding tert-OH is 1. The summed E-state index contributed by atoms with van der Waals surface area (Å²) in [4.78, 5) is 10.8. The van der Waals surface area contributed by atoms with Gasteiger partial charge in [0.15, 0.2) is 0 Å². The molecular weight excluding hydrogens is 250 g/mol. The maximum atomic E-state index is 9.29. The quantitative estimate of drug-likeness (QED) is 0.834. The van der Waals surface area contributed by atoms with Crippen molar-refractivity contribution in [2.45, 2.75) is 38.7 Å². The molecule has 0 atom stereocenters. The number of halogens is 1. The van der Waals surface area contributed by atoms with E-state index in [1.165, 1.54) is 0 Å². The van der Waals surface area contributed by atoms with Crippen LogP contribution in [0.25, 0.3) is 0 Å². The minimum atomic E-state index is -0.104. The fourth-order valence-corrected chi connectivity index (χ4v) is 2.51. The molecule has 1 fully saturated rings. The Morgan fingerprint density at radius 2 is 2.17 bits per heavy atom. The molecule has 0 radical (unpaired) electrons. The summed E-state index contributed by atoms with van der Waals surface area (Å²) < 4.78 is 0. The highest BCUT2D eigenvalue weighted by molar-refractivity contribution is 6.29. The first-order chi connectivity index (χ1) is 8.58. The lowest BCUT2D eigenvalue weighted by Gasteiger charge is -2.34. The van der Waals surface area contributed by atoms with Gasteiger partial charge in [0, 0.05) is 26.1 Å². The standard InChI is InChI=1S/C13H20ClN3O/c1-3-4-12-15-11(14)7-13(16-12)17(2)8-9-5-10(18)6-9/h7,9-10,18H,3-6,8H2,1-2H3. The van der Waals surface area contributed by atoms with E-state index in [4.69, 9.17) is 11.6 Å². The molecule has 1 aliphatic carbocycles. The van der Waals surface area contributed by atoms with Crippen LogP contribution >= 0.6 is 11.6 Å². The molecule has 0 aromatic carbocycles. The molecule has 1 saturated carbocycles. The number of anilines is 1. The van der Waals surface area contributed by atoms with Crippen molar-refractivity contribution in [3.8, 4) is 0 Å². The summed E-state index contributed by atoms with van der Waals surface area (Å²) >= 11 is 6.02. The Labute approximate surface area is 113 Å². The molecule has 0 spiro atoms. The van der Waals surface area contributed by atoms with E-state index in [0.717, 1.165) is 43.9 Å². The number of aryl methyl sites for hydroxylation is 1. The molecule has 1 aliphatic rings. The topological polar surface area (TPSA) is 49.2 Å². The van der Waals surface area contributed by atoms with Crippen LogP contribution in [0.5, 0.6) is 0 Å². The first-order valence-electron chi connectivity index (χ1n) is 6.51. The van der Waals surface area contributed by atoms with Gasteiger partial charge in [-0.05, 0) is 25.2 Å². The second kappa shape index (κ2) is 5.85. The van der Waals surface area contributed by atoms with Crippen LogP contribution in [0, 0.1) is 5.92 Å². The molecule has 1 aromatic heterocycles. The molecule has 1 aromatic rings. The fourth-order valence-electron chi connectivity index (χ4n) is 2.31. The number of rotatable bonds is 5. The van der Waals surface area contributed by atoms with Crippen LogP contribution in [-0.4, -0.2) is 34.8 Å². The summed E-state index contributed by atoms with van der Waals surface area (Å²) in [6.45, 7) is 3.01. The van der Waals surface area contributed by atoms with E-state index in [1.54, 1.807) is 6.07 Å². The van der Waals surface area contributed by atoms with Gasteiger partial charge in [-0.15, -0.1) is 0 Å². The van der Waals surface area contributed by atoms with Gasteiger partial charge in [-0.2, -0.15) is 0 Å². The van der Waals surface area contributed by atoms with Gasteiger partial charge in [-0.3, -0.25) is 0 Å². The van der Waals surface area contributed by atoms with Crippen LogP contribution in [0.2, 0.25) is 5.15 Å². The van der Waals surface area contributed by atoms with Crippen LogP contribution in [0.1, 0.15) is 32.0 Å². The Balaban J connectivity index is 2.02. The van der Waals surface area contributed by atoms with E-state index in [1.807, 2.05) is 7.05 Å². The summed E-state index contributed by atoms with van der Waals surface area (Å²) in [5, 5.41) is 9.80. The van der Waals surface area contributed by atoms with Crippen molar-refractivity contribution >= 4 is 17.4 Å². The maximum Gasteiger partial charge on any atom is 0.134 e. The highest BCUT2D eigenvalue weighted by Gasteiger charge is 2.28. The lowest BCUT2D eigenvalue weighted by Crippen LogP contribution is -2.37. The van der Waals surface area contributed by atoms with Crippen molar-refractivity contribution in [3.05, 3.63) is 17.0 Å². The second-order valence-corrected chi connectivity index (χ2v) is 5.47. The van der Waals surface area contributed by atoms with Crippen LogP contribution in [0.3, 0.4) is 0 Å². The Bertz CT molecular complexity index is 407. The number of aliphatic hydroxyl groups is 1. The van der Waals surface area contributed by atoms with Crippen LogP contribution in [0.4, 0.5) is 5.82 Å². The zero-order valence-electron chi connectivity index (χ0n) is 10.9. The molecule has 0 amide bonds. The molecule has 100 valence electrons. The van der Waals surface area contributed by atoms with Gasteiger partial charge in [0.1, 0.15) is 16.8 Å². The third-order valence-corrected chi connectivity index (χ3v) is 3.53. The first-order valence-corrected chi connectivity index (χ1v) is 6.89. The molecule has 0 aliphatic heterocycles. The first kappa shape index (κ1) is 13.6. The maximum absolute atomic E-state index is 9.29. The molecule has 0 unspecified atom stereocenters. The second-order valence-electron chi connectivity index (χ2n) is 5.09. The Hall–Kier alpha value is -0.870. The van der Waals surface area contributed by atoms with Gasteiger partial charge in [-0.1, -0.05) is 18.5 Å². The van der Waals surface area contributed by atoms with Gasteiger partial charge in [0.2, 0.25) is 0 Å². The molecule has 0 bridgehead atoms. The van der Waals surface area contributed by atoms with Gasteiger partial charge >= 0.3 is 0 Å². The molecule has 0 saturated heterocycles. The number of aromatic nitrogens is 2. The molecular formula is C13H20ClN3O. The highest BCUT2D eigenvalue weighted by Crippen LogP contribution is 2.29. The minimum absolute atomic E-state index is 0.104. The molecule has 1 N–H and O–H groups in total. The van der Waals surface area contributed by atoms with E-state index in [2.05, 4.69) is 21.8 Å². The SMILES string of the molecule is CCCc1nc(Cl)cc(N(C)CC2CC(O)C2)n1. The van der Waals surface area contributed by atoms with Crippen molar-refractivity contribution in [1.29, 1.82) is 0 Å². The summed E-state index contributed by atoms with van der Waals surface area (Å²) in [6.07, 6.45) is 3.55. The zero-order valence-corrected chi connectivity index (χ0v) is 11.7. The van der Waals surface area contributed by atoms with E-state index < -0.39 is 0 Å². The Kier molecular flexibility index (Phi) is 4.40. The summed E-state index contributed by atoms with van der Waals surface area (Å²) in [5.41, 5.74) is 0. The fraction of sp³-hybridized carbons (Fsp3) is 0.692. The van der Waals surface area contributed by atoms with Crippen molar-refractivity contribution in [3.63, 3.8) is 0 Å². The molecule has 18 heavy (non-hydrogen) atoms. The van der Waals surface area contributed by atoms with E-state index in [9.17, 15) is 5.11 Å². The number of hydrogen-bond donors (Lipinski definition) is 1. The van der Waals surface area contributed by atoms with E-state index >= 15 is 0 Å². The predicted molar refractivity (Wildman–Crippen MR) is 73.0 cm³/mol. The van der Waals surface area contributed by atoms with E-state index in [0.29, 0.717) is 11.1 Å². The normalized spacial score (nSPS) is 22.7. The molecule has 2 rings (SSSR count). The van der Waals surface area contributed by atoms with Crippen LogP contribution in [-0.2, 0) is 6.42 Å². The van der Waals surface area contributed by atoms with Crippen molar-refractivity contribution < 1.29 is 5.11 Å². The van der Waals surface area contributed by atoms with Crippen molar-refractivity contribution in [1.82, 2.24) is 9.97 Å². The molecule has 5 heteroatoms. The summed E-state index contributed by atoms with van der Waals surface area (Å²) in [7, 11) is 2.01. The van der Waals surface area contributed by atoms with Crippen LogP contribution in [0.15, 0.2) is 6.07 Å². The molecule has 1 heterocycles. The summed E-state index contributed by atoms with van der Waals surface area (Å²) in [6, 6.07) is 1.80. The van der Waals surface area contributed by atoms with Gasteiger partial charge in [0.25, 0.3) is 0 Å². The van der Waals surface area contributed by atoms with Crippen LogP contribution < -0.4 is 4.90 Å². The average molecular weight is 270 g/mol. The average Bonchev–Trinajstić information content (AvgIpc) is 2.26. The summed E-state index contributed by atoms with van der Waals surface area (Å²) in [5.74, 6) is 2.24. The number of hydrogen-bond acceptors (Lipinski definition) is 4. The smallest absolute Gasteiger partial charge is 0.134 e. The highest BCUT2D eigenvalue weighted by atomic mass is 35.5. The molecule has 4 nitrogen and oxygen atoms in total. The largest absolute Gasteiger partial charge is 0.393 e. The predicted octanol–water partition coefficient (Wildman–Crippen LogP) is 2.29. The Morgan fingerprint density at radius 3 is 2.78 bits per heavy atom.